The molecule has 7 N–H and O–H groups in total. The maximum Gasteiger partial charge on any atom is 1.00 e. The Bertz CT molecular complexity index is 157. The molecule has 0 heterocycles. The first kappa shape index (κ1) is 17.8. The average molecular weight is 188 g/mol. The molecule has 0 aliphatic carbocycles. The minimum atomic E-state index is -1.11. The minimum absolute atomic E-state index is 0. The zero-order chi connectivity index (χ0) is 8.15. The predicted octanol–water partition coefficient (Wildman–Crippen LogP) is -5.04. The van der Waals surface area contributed by atoms with Crippen LogP contribution in [0.25, 0.3) is 0 Å². The summed E-state index contributed by atoms with van der Waals surface area (Å²) < 4.78 is 0. The molecule has 0 rings (SSSR count). The molecule has 0 aliphatic rings. The monoisotopic (exact) mass is 188 g/mol. The molecule has 0 radical (unpaired) electrons. The van der Waals surface area contributed by atoms with E-state index in [1.807, 2.05) is 0 Å². The summed E-state index contributed by atoms with van der Waals surface area (Å²) in [6.45, 7) is 0. The van der Waals surface area contributed by atoms with Crippen LogP contribution in [0.5, 0.6) is 0 Å². The summed E-state index contributed by atoms with van der Waals surface area (Å²) in [5, 5.41) is 8.22. The maximum atomic E-state index is 10.1. The van der Waals surface area contributed by atoms with Crippen molar-refractivity contribution in [3.05, 3.63) is 0 Å². The van der Waals surface area contributed by atoms with Gasteiger partial charge < -0.3 is 23.5 Å². The van der Waals surface area contributed by atoms with E-state index in [9.17, 15) is 9.59 Å². The number of carbonyl (C=O) groups is 2. The number of hydrogen-bond acceptors (Lipinski definition) is 3. The Hall–Kier alpha value is -0.140. The van der Waals surface area contributed by atoms with Crippen molar-refractivity contribution in [2.24, 2.45) is 11.5 Å². The second kappa shape index (κ2) is 8.95. The van der Waals surface area contributed by atoms with Gasteiger partial charge in [0.2, 0.25) is 5.91 Å². The van der Waals surface area contributed by atoms with Gasteiger partial charge in [0.15, 0.2) is 0 Å². The van der Waals surface area contributed by atoms with Gasteiger partial charge in [0.25, 0.3) is 0 Å². The topological polar surface area (TPSA) is 138 Å². The van der Waals surface area contributed by atoms with Crippen LogP contribution in [-0.4, -0.2) is 28.5 Å². The Balaban J connectivity index is -0.000000135. The van der Waals surface area contributed by atoms with Crippen molar-refractivity contribution in [2.45, 2.75) is 18.9 Å². The van der Waals surface area contributed by atoms with Crippen molar-refractivity contribution < 1.29 is 51.2 Å². The van der Waals surface area contributed by atoms with Crippen molar-refractivity contribution >= 4 is 11.9 Å². The number of nitrogens with two attached hydrogens (primary N) is 2. The minimum Gasteiger partial charge on any atom is -1.00 e. The molecular formula is C5H13N2NaO4. The fourth-order valence-corrected chi connectivity index (χ4v) is 0.421. The Morgan fingerprint density at radius 3 is 2.17 bits per heavy atom. The molecular weight excluding hydrogens is 175 g/mol. The van der Waals surface area contributed by atoms with Crippen LogP contribution in [0.15, 0.2) is 0 Å². The van der Waals surface area contributed by atoms with Gasteiger partial charge in [0.05, 0.1) is 0 Å². The zero-order valence-corrected chi connectivity index (χ0v) is 8.91. The smallest absolute Gasteiger partial charge is 1.00 e. The molecule has 0 saturated heterocycles. The molecule has 12 heavy (non-hydrogen) atoms. The molecule has 6 nitrogen and oxygen atoms in total. The molecule has 0 bridgehead atoms. The Labute approximate surface area is 93.4 Å². The number of carboxylic acid groups (broad SMARTS) is 1. The van der Waals surface area contributed by atoms with E-state index in [1.165, 1.54) is 0 Å². The van der Waals surface area contributed by atoms with Gasteiger partial charge in [-0.15, -0.1) is 0 Å². The van der Waals surface area contributed by atoms with Gasteiger partial charge in [0, 0.05) is 6.42 Å². The fourth-order valence-electron chi connectivity index (χ4n) is 0.421. The first-order chi connectivity index (χ1) is 4.54. The van der Waals surface area contributed by atoms with Crippen LogP contribution in [0.4, 0.5) is 0 Å². The molecule has 1 atom stereocenters. The van der Waals surface area contributed by atoms with Crippen molar-refractivity contribution in [1.29, 1.82) is 0 Å². The van der Waals surface area contributed by atoms with E-state index < -0.39 is 17.9 Å². The summed E-state index contributed by atoms with van der Waals surface area (Å²) in [6, 6.07) is -0.979. The molecule has 0 unspecified atom stereocenters. The molecule has 1 amide bonds. The van der Waals surface area contributed by atoms with Crippen molar-refractivity contribution in [3.8, 4) is 0 Å². The standard InChI is InChI=1S/C5H10N2O3.Na.H2O.H/c6-3(5(9)10)1-2-4(7)8;;;/h3H,1-2,6H2,(H2,7,8)(H,9,10);;1H2;/q;+1;;-1/t3-;;;/m0.../s1. The molecule has 0 aromatic heterocycles. The van der Waals surface area contributed by atoms with E-state index in [1.54, 1.807) is 0 Å². The number of rotatable bonds is 4. The van der Waals surface area contributed by atoms with Crippen LogP contribution in [0, 0.1) is 0 Å². The van der Waals surface area contributed by atoms with Crippen LogP contribution < -0.4 is 41.0 Å². The number of hydrogen-bond donors (Lipinski definition) is 3. The van der Waals surface area contributed by atoms with E-state index in [0.717, 1.165) is 0 Å². The van der Waals surface area contributed by atoms with Gasteiger partial charge in [-0.25, -0.2) is 0 Å². The van der Waals surface area contributed by atoms with Crippen LogP contribution in [0.1, 0.15) is 14.3 Å². The fraction of sp³-hybridized carbons (Fsp3) is 0.600. The van der Waals surface area contributed by atoms with E-state index in [0.29, 0.717) is 0 Å². The summed E-state index contributed by atoms with van der Waals surface area (Å²) in [4.78, 5) is 20.1. The Kier molecular flexibility index (Phi) is 13.3. The van der Waals surface area contributed by atoms with Crippen molar-refractivity contribution in [2.75, 3.05) is 0 Å². The Morgan fingerprint density at radius 2 is 1.92 bits per heavy atom. The number of aliphatic carboxylic acids is 1. The second-order valence-electron chi connectivity index (χ2n) is 1.95. The van der Waals surface area contributed by atoms with Gasteiger partial charge in [-0.1, -0.05) is 0 Å². The first-order valence-electron chi connectivity index (χ1n) is 2.80. The SMILES string of the molecule is NC(=O)CC[C@H](N)C(=O)O.O.[H-].[Na+]. The van der Waals surface area contributed by atoms with E-state index in [-0.39, 0.29) is 49.3 Å². The quantitative estimate of drug-likeness (QED) is 0.380. The molecule has 7 heteroatoms. The number of amides is 1. The molecule has 0 fully saturated rings. The van der Waals surface area contributed by atoms with Gasteiger partial charge in [-0.2, -0.15) is 0 Å². The molecule has 0 saturated carbocycles. The molecule has 68 valence electrons. The summed E-state index contributed by atoms with van der Waals surface area (Å²) in [5.74, 6) is -1.64. The largest absolute Gasteiger partial charge is 1.00 e. The molecule has 0 aliphatic heterocycles. The van der Waals surface area contributed by atoms with E-state index >= 15 is 0 Å². The third-order valence-corrected chi connectivity index (χ3v) is 1.02. The third kappa shape index (κ3) is 9.86. The Morgan fingerprint density at radius 1 is 1.50 bits per heavy atom. The van der Waals surface area contributed by atoms with Gasteiger partial charge in [-0.3, -0.25) is 9.59 Å². The van der Waals surface area contributed by atoms with Crippen LogP contribution in [0.2, 0.25) is 0 Å². The number of primary amides is 1. The van der Waals surface area contributed by atoms with Gasteiger partial charge in [0.1, 0.15) is 6.04 Å². The first-order valence-corrected chi connectivity index (χ1v) is 2.80. The number of carbonyl (C=O) groups excluding carboxylic acids is 1. The van der Waals surface area contributed by atoms with Crippen molar-refractivity contribution in [1.82, 2.24) is 0 Å². The summed E-state index contributed by atoms with van der Waals surface area (Å²) in [5.41, 5.74) is 9.81. The summed E-state index contributed by atoms with van der Waals surface area (Å²) in [7, 11) is 0. The maximum absolute atomic E-state index is 10.1. The van der Waals surface area contributed by atoms with Gasteiger partial charge >= 0.3 is 35.5 Å². The normalized spacial score (nSPS) is 10.4. The van der Waals surface area contributed by atoms with Crippen LogP contribution in [-0.2, 0) is 9.59 Å². The van der Waals surface area contributed by atoms with E-state index in [4.69, 9.17) is 16.6 Å². The zero-order valence-electron chi connectivity index (χ0n) is 7.91. The molecule has 0 spiro atoms. The second-order valence-corrected chi connectivity index (χ2v) is 1.95. The average Bonchev–Trinajstić information content (AvgIpc) is 1.82. The van der Waals surface area contributed by atoms with E-state index in [2.05, 4.69) is 0 Å². The van der Waals surface area contributed by atoms with Gasteiger partial charge in [-0.05, 0) is 6.42 Å². The number of carboxylic acids is 1. The van der Waals surface area contributed by atoms with Crippen molar-refractivity contribution in [3.63, 3.8) is 0 Å². The predicted molar refractivity (Wildman–Crippen MR) is 38.8 cm³/mol. The van der Waals surface area contributed by atoms with Crippen LogP contribution in [0.3, 0.4) is 0 Å². The summed E-state index contributed by atoms with van der Waals surface area (Å²) >= 11 is 0. The molecule has 0 aromatic rings. The third-order valence-electron chi connectivity index (χ3n) is 1.02. The molecule has 0 aromatic carbocycles. The summed E-state index contributed by atoms with van der Waals surface area (Å²) in [6.07, 6.45) is 0.123. The van der Waals surface area contributed by atoms with Crippen LogP contribution >= 0.6 is 0 Å².